The molecule has 66 valence electrons. The van der Waals surface area contributed by atoms with Crippen molar-refractivity contribution in [2.45, 2.75) is 33.6 Å². The lowest BCUT2D eigenvalue weighted by Crippen LogP contribution is -1.90. The third-order valence-electron chi connectivity index (χ3n) is 2.34. The van der Waals surface area contributed by atoms with Gasteiger partial charge in [-0.25, -0.2) is 0 Å². The van der Waals surface area contributed by atoms with Crippen LogP contribution in [0.25, 0.3) is 0 Å². The van der Waals surface area contributed by atoms with Gasteiger partial charge in [0, 0.05) is 0 Å². The number of phenols is 1. The summed E-state index contributed by atoms with van der Waals surface area (Å²) in [6, 6.07) is 4.03. The van der Waals surface area contributed by atoms with Gasteiger partial charge in [-0.1, -0.05) is 19.9 Å². The van der Waals surface area contributed by atoms with E-state index < -0.39 is 0 Å². The molecule has 0 aliphatic carbocycles. The summed E-state index contributed by atoms with van der Waals surface area (Å²) < 4.78 is 0. The van der Waals surface area contributed by atoms with E-state index in [1.165, 1.54) is 11.1 Å². The average Bonchev–Trinajstić information content (AvgIpc) is 2.09. The quantitative estimate of drug-likeness (QED) is 0.712. The molecule has 0 bridgehead atoms. The molecule has 0 saturated heterocycles. The Balaban J connectivity index is 3.19. The minimum absolute atomic E-state index is 0.436. The number of phenolic OH excluding ortho intramolecular Hbond substituents is 1. The Bertz CT molecular complexity index is 277. The highest BCUT2D eigenvalue weighted by Gasteiger charge is 2.03. The first-order chi connectivity index (χ1) is 5.69. The van der Waals surface area contributed by atoms with Crippen LogP contribution in [0.2, 0.25) is 0 Å². The molecule has 0 aromatic heterocycles. The van der Waals surface area contributed by atoms with E-state index in [1.54, 1.807) is 0 Å². The minimum Gasteiger partial charge on any atom is -0.508 e. The fourth-order valence-corrected chi connectivity index (χ4v) is 1.39. The number of aryl methyl sites for hydroxylation is 2. The van der Waals surface area contributed by atoms with Crippen molar-refractivity contribution in [2.75, 3.05) is 0 Å². The van der Waals surface area contributed by atoms with Gasteiger partial charge in [0.1, 0.15) is 5.75 Å². The number of benzene rings is 1. The first-order valence-electron chi connectivity index (χ1n) is 4.50. The second kappa shape index (κ2) is 3.61. The Morgan fingerprint density at radius 2 is 1.83 bits per heavy atom. The number of rotatable bonds is 2. The Labute approximate surface area is 74.1 Å². The van der Waals surface area contributed by atoms with Crippen molar-refractivity contribution in [3.63, 3.8) is 0 Å². The highest BCUT2D eigenvalue weighted by atomic mass is 16.3. The summed E-state index contributed by atoms with van der Waals surface area (Å²) in [5.74, 6) is 0.436. The standard InChI is InChI=1S/C11H16O/c1-4-9-6-10(5-2)8(3)11(12)7-9/h6-7,12H,4-5H2,1-3H3. The van der Waals surface area contributed by atoms with Crippen LogP contribution in [0.5, 0.6) is 5.75 Å². The van der Waals surface area contributed by atoms with Gasteiger partial charge in [-0.2, -0.15) is 0 Å². The van der Waals surface area contributed by atoms with Crippen LogP contribution in [0.4, 0.5) is 0 Å². The van der Waals surface area contributed by atoms with Crippen LogP contribution in [0.3, 0.4) is 0 Å². The van der Waals surface area contributed by atoms with Crippen LogP contribution in [0.15, 0.2) is 12.1 Å². The molecule has 1 nitrogen and oxygen atoms in total. The number of hydrogen-bond acceptors (Lipinski definition) is 1. The van der Waals surface area contributed by atoms with Gasteiger partial charge in [-0.15, -0.1) is 0 Å². The molecule has 0 amide bonds. The number of aromatic hydroxyl groups is 1. The topological polar surface area (TPSA) is 20.2 Å². The highest BCUT2D eigenvalue weighted by molar-refractivity contribution is 5.42. The van der Waals surface area contributed by atoms with Crippen LogP contribution < -0.4 is 0 Å². The summed E-state index contributed by atoms with van der Waals surface area (Å²) in [5, 5.41) is 9.54. The largest absolute Gasteiger partial charge is 0.508 e. The fourth-order valence-electron chi connectivity index (χ4n) is 1.39. The molecule has 0 spiro atoms. The van der Waals surface area contributed by atoms with E-state index in [2.05, 4.69) is 19.9 Å². The smallest absolute Gasteiger partial charge is 0.119 e. The second-order valence-corrected chi connectivity index (χ2v) is 3.11. The zero-order valence-corrected chi connectivity index (χ0v) is 8.02. The average molecular weight is 164 g/mol. The van der Waals surface area contributed by atoms with Gasteiger partial charge in [0.2, 0.25) is 0 Å². The predicted molar refractivity (Wildman–Crippen MR) is 51.6 cm³/mol. The molecule has 1 aromatic rings. The van der Waals surface area contributed by atoms with Crippen LogP contribution in [-0.2, 0) is 12.8 Å². The Morgan fingerprint density at radius 1 is 1.17 bits per heavy atom. The van der Waals surface area contributed by atoms with Crippen molar-refractivity contribution in [3.05, 3.63) is 28.8 Å². The molecule has 0 unspecified atom stereocenters. The molecule has 1 aromatic carbocycles. The molecular formula is C11H16O. The summed E-state index contributed by atoms with van der Waals surface area (Å²) >= 11 is 0. The van der Waals surface area contributed by atoms with Crippen molar-refractivity contribution in [2.24, 2.45) is 0 Å². The third kappa shape index (κ3) is 1.60. The molecular weight excluding hydrogens is 148 g/mol. The first kappa shape index (κ1) is 9.11. The van der Waals surface area contributed by atoms with Gasteiger partial charge in [0.15, 0.2) is 0 Å². The number of hydrogen-bond donors (Lipinski definition) is 1. The Hall–Kier alpha value is -0.980. The van der Waals surface area contributed by atoms with Gasteiger partial charge in [-0.3, -0.25) is 0 Å². The van der Waals surface area contributed by atoms with E-state index in [0.29, 0.717) is 5.75 Å². The SMILES string of the molecule is CCc1cc(O)c(C)c(CC)c1. The van der Waals surface area contributed by atoms with Crippen molar-refractivity contribution < 1.29 is 5.11 Å². The molecule has 0 heterocycles. The van der Waals surface area contributed by atoms with E-state index in [1.807, 2.05) is 13.0 Å². The zero-order valence-electron chi connectivity index (χ0n) is 8.02. The van der Waals surface area contributed by atoms with Gasteiger partial charge in [0.25, 0.3) is 0 Å². The Kier molecular flexibility index (Phi) is 2.74. The van der Waals surface area contributed by atoms with Crippen LogP contribution in [0.1, 0.15) is 30.5 Å². The molecule has 1 heteroatoms. The monoisotopic (exact) mass is 164 g/mol. The molecule has 0 atom stereocenters. The van der Waals surface area contributed by atoms with E-state index in [9.17, 15) is 5.11 Å². The van der Waals surface area contributed by atoms with Crippen molar-refractivity contribution in [3.8, 4) is 5.75 Å². The highest BCUT2D eigenvalue weighted by Crippen LogP contribution is 2.23. The Morgan fingerprint density at radius 3 is 2.33 bits per heavy atom. The van der Waals surface area contributed by atoms with Gasteiger partial charge in [-0.05, 0) is 42.5 Å². The molecule has 1 N–H and O–H groups in total. The summed E-state index contributed by atoms with van der Waals surface area (Å²) in [6.07, 6.45) is 1.98. The van der Waals surface area contributed by atoms with Crippen LogP contribution in [-0.4, -0.2) is 5.11 Å². The maximum Gasteiger partial charge on any atom is 0.119 e. The third-order valence-corrected chi connectivity index (χ3v) is 2.34. The van der Waals surface area contributed by atoms with Gasteiger partial charge < -0.3 is 5.11 Å². The lowest BCUT2D eigenvalue weighted by Gasteiger charge is -2.07. The normalized spacial score (nSPS) is 10.2. The van der Waals surface area contributed by atoms with Gasteiger partial charge in [0.05, 0.1) is 0 Å². The van der Waals surface area contributed by atoms with E-state index in [-0.39, 0.29) is 0 Å². The summed E-state index contributed by atoms with van der Waals surface area (Å²) in [5.41, 5.74) is 3.50. The van der Waals surface area contributed by atoms with E-state index in [4.69, 9.17) is 0 Å². The van der Waals surface area contributed by atoms with E-state index in [0.717, 1.165) is 18.4 Å². The predicted octanol–water partition coefficient (Wildman–Crippen LogP) is 2.83. The molecule has 12 heavy (non-hydrogen) atoms. The van der Waals surface area contributed by atoms with Crippen LogP contribution >= 0.6 is 0 Å². The molecule has 0 aliphatic rings. The summed E-state index contributed by atoms with van der Waals surface area (Å²) in [4.78, 5) is 0. The van der Waals surface area contributed by atoms with Crippen molar-refractivity contribution >= 4 is 0 Å². The summed E-state index contributed by atoms with van der Waals surface area (Å²) in [7, 11) is 0. The molecule has 0 aliphatic heterocycles. The van der Waals surface area contributed by atoms with E-state index >= 15 is 0 Å². The maximum atomic E-state index is 9.54. The zero-order chi connectivity index (χ0) is 9.14. The van der Waals surface area contributed by atoms with Gasteiger partial charge >= 0.3 is 0 Å². The van der Waals surface area contributed by atoms with Crippen molar-refractivity contribution in [1.82, 2.24) is 0 Å². The molecule has 0 fully saturated rings. The van der Waals surface area contributed by atoms with Crippen molar-refractivity contribution in [1.29, 1.82) is 0 Å². The lowest BCUT2D eigenvalue weighted by molar-refractivity contribution is 0.469. The summed E-state index contributed by atoms with van der Waals surface area (Å²) in [6.45, 7) is 6.18. The fraction of sp³-hybridized carbons (Fsp3) is 0.455. The lowest BCUT2D eigenvalue weighted by atomic mass is 10.0. The molecule has 1 rings (SSSR count). The minimum atomic E-state index is 0.436. The molecule has 0 radical (unpaired) electrons. The maximum absolute atomic E-state index is 9.54. The first-order valence-corrected chi connectivity index (χ1v) is 4.50. The second-order valence-electron chi connectivity index (χ2n) is 3.11. The molecule has 0 saturated carbocycles. The van der Waals surface area contributed by atoms with Crippen LogP contribution in [0, 0.1) is 6.92 Å².